The van der Waals surface area contributed by atoms with Crippen molar-refractivity contribution in [1.82, 2.24) is 0 Å². The van der Waals surface area contributed by atoms with Crippen LogP contribution in [-0.4, -0.2) is 18.6 Å². The number of halogens is 1. The van der Waals surface area contributed by atoms with Crippen LogP contribution >= 0.6 is 15.9 Å². The Hall–Kier alpha value is -1.07. The van der Waals surface area contributed by atoms with E-state index in [2.05, 4.69) is 22.9 Å². The third-order valence-corrected chi connectivity index (χ3v) is 3.41. The number of amides is 1. The summed E-state index contributed by atoms with van der Waals surface area (Å²) >= 11 is 3.49. The van der Waals surface area contributed by atoms with Crippen LogP contribution in [0.15, 0.2) is 22.7 Å². The van der Waals surface area contributed by atoms with Gasteiger partial charge in [-0.05, 0) is 36.6 Å². The Labute approximate surface area is 116 Å². The number of rotatable bonds is 7. The molecule has 0 aliphatic heterocycles. The summed E-state index contributed by atoms with van der Waals surface area (Å²) in [4.78, 5) is 10.6. The van der Waals surface area contributed by atoms with E-state index < -0.39 is 0 Å². The minimum Gasteiger partial charge on any atom is -0.493 e. The van der Waals surface area contributed by atoms with Crippen LogP contribution in [-0.2, 0) is 11.2 Å². The van der Waals surface area contributed by atoms with E-state index in [-0.39, 0.29) is 18.4 Å². The van der Waals surface area contributed by atoms with Crippen molar-refractivity contribution in [3.63, 3.8) is 0 Å². The molecule has 1 aromatic rings. The SMILES string of the molecule is CCC(N)Cc1cc(OCCC(N)=O)ccc1Br. The van der Waals surface area contributed by atoms with Gasteiger partial charge in [0.15, 0.2) is 0 Å². The average molecular weight is 315 g/mol. The zero-order chi connectivity index (χ0) is 13.5. The lowest BCUT2D eigenvalue weighted by Gasteiger charge is -2.12. The Morgan fingerprint density at radius 2 is 2.22 bits per heavy atom. The van der Waals surface area contributed by atoms with Gasteiger partial charge in [-0.1, -0.05) is 22.9 Å². The molecule has 0 radical (unpaired) electrons. The second kappa shape index (κ2) is 7.38. The van der Waals surface area contributed by atoms with Crippen LogP contribution in [0.4, 0.5) is 0 Å². The first-order chi connectivity index (χ1) is 8.52. The summed E-state index contributed by atoms with van der Waals surface area (Å²) in [6.07, 6.45) is 1.95. The molecule has 0 saturated heterocycles. The molecule has 4 nitrogen and oxygen atoms in total. The Balaban J connectivity index is 2.65. The fourth-order valence-electron chi connectivity index (χ4n) is 1.49. The largest absolute Gasteiger partial charge is 0.493 e. The number of benzene rings is 1. The van der Waals surface area contributed by atoms with E-state index in [1.807, 2.05) is 18.2 Å². The molecule has 0 saturated carbocycles. The van der Waals surface area contributed by atoms with Crippen molar-refractivity contribution in [2.75, 3.05) is 6.61 Å². The van der Waals surface area contributed by atoms with Gasteiger partial charge >= 0.3 is 0 Å². The number of carbonyl (C=O) groups is 1. The predicted octanol–water partition coefficient (Wildman–Crippen LogP) is 1.98. The standard InChI is InChI=1S/C13H19BrN2O2/c1-2-10(15)7-9-8-11(3-4-12(9)14)18-6-5-13(16)17/h3-4,8,10H,2,5-7,15H2,1H3,(H2,16,17). The van der Waals surface area contributed by atoms with E-state index >= 15 is 0 Å². The number of primary amides is 1. The molecule has 0 aromatic heterocycles. The molecule has 5 heteroatoms. The lowest BCUT2D eigenvalue weighted by molar-refractivity contribution is -0.118. The number of ether oxygens (including phenoxy) is 1. The Kier molecular flexibility index (Phi) is 6.15. The molecule has 1 amide bonds. The first-order valence-corrected chi connectivity index (χ1v) is 6.77. The molecule has 0 bridgehead atoms. The maximum atomic E-state index is 10.6. The van der Waals surface area contributed by atoms with Crippen LogP contribution in [0.5, 0.6) is 5.75 Å². The molecule has 1 unspecified atom stereocenters. The Morgan fingerprint density at radius 3 is 2.83 bits per heavy atom. The quantitative estimate of drug-likeness (QED) is 0.807. The van der Waals surface area contributed by atoms with Gasteiger partial charge in [0, 0.05) is 10.5 Å². The third-order valence-electron chi connectivity index (χ3n) is 2.64. The zero-order valence-corrected chi connectivity index (χ0v) is 12.1. The molecule has 18 heavy (non-hydrogen) atoms. The minimum atomic E-state index is -0.361. The lowest BCUT2D eigenvalue weighted by atomic mass is 10.0. The molecule has 1 aromatic carbocycles. The fraction of sp³-hybridized carbons (Fsp3) is 0.462. The lowest BCUT2D eigenvalue weighted by Crippen LogP contribution is -2.21. The Morgan fingerprint density at radius 1 is 1.50 bits per heavy atom. The first kappa shape index (κ1) is 15.0. The second-order valence-electron chi connectivity index (χ2n) is 4.19. The molecule has 1 rings (SSSR count). The number of hydrogen-bond acceptors (Lipinski definition) is 3. The van der Waals surface area contributed by atoms with Gasteiger partial charge in [-0.2, -0.15) is 0 Å². The maximum Gasteiger partial charge on any atom is 0.220 e. The van der Waals surface area contributed by atoms with E-state index in [0.29, 0.717) is 6.61 Å². The highest BCUT2D eigenvalue weighted by atomic mass is 79.9. The highest BCUT2D eigenvalue weighted by Gasteiger charge is 2.07. The highest BCUT2D eigenvalue weighted by Crippen LogP contribution is 2.24. The summed E-state index contributed by atoms with van der Waals surface area (Å²) in [5.74, 6) is 0.373. The zero-order valence-electron chi connectivity index (χ0n) is 10.5. The van der Waals surface area contributed by atoms with Gasteiger partial charge in [-0.3, -0.25) is 4.79 Å². The molecular formula is C13H19BrN2O2. The van der Waals surface area contributed by atoms with Gasteiger partial charge in [0.2, 0.25) is 5.91 Å². The third kappa shape index (κ3) is 5.06. The second-order valence-corrected chi connectivity index (χ2v) is 5.04. The fourth-order valence-corrected chi connectivity index (χ4v) is 1.90. The van der Waals surface area contributed by atoms with E-state index in [4.69, 9.17) is 16.2 Å². The summed E-state index contributed by atoms with van der Waals surface area (Å²) in [5, 5.41) is 0. The summed E-state index contributed by atoms with van der Waals surface area (Å²) < 4.78 is 6.49. The molecule has 4 N–H and O–H groups in total. The smallest absolute Gasteiger partial charge is 0.220 e. The summed E-state index contributed by atoms with van der Waals surface area (Å²) in [7, 11) is 0. The molecule has 0 fully saturated rings. The first-order valence-electron chi connectivity index (χ1n) is 5.98. The van der Waals surface area contributed by atoms with Crippen LogP contribution in [0.2, 0.25) is 0 Å². The highest BCUT2D eigenvalue weighted by molar-refractivity contribution is 9.10. The Bertz CT molecular complexity index is 410. The molecule has 0 heterocycles. The number of nitrogens with two attached hydrogens (primary N) is 2. The van der Waals surface area contributed by atoms with Crippen LogP contribution in [0.1, 0.15) is 25.3 Å². The summed E-state index contributed by atoms with van der Waals surface area (Å²) in [5.41, 5.74) is 12.1. The molecule has 0 spiro atoms. The van der Waals surface area contributed by atoms with Gasteiger partial charge in [0.25, 0.3) is 0 Å². The van der Waals surface area contributed by atoms with Crippen molar-refractivity contribution in [2.24, 2.45) is 11.5 Å². The van der Waals surface area contributed by atoms with Crippen molar-refractivity contribution >= 4 is 21.8 Å². The van der Waals surface area contributed by atoms with Crippen LogP contribution in [0.3, 0.4) is 0 Å². The monoisotopic (exact) mass is 314 g/mol. The van der Waals surface area contributed by atoms with Gasteiger partial charge in [-0.15, -0.1) is 0 Å². The van der Waals surface area contributed by atoms with Gasteiger partial charge in [-0.25, -0.2) is 0 Å². The molecular weight excluding hydrogens is 296 g/mol. The summed E-state index contributed by atoms with van der Waals surface area (Å²) in [6, 6.07) is 5.87. The van der Waals surface area contributed by atoms with Crippen LogP contribution in [0, 0.1) is 0 Å². The van der Waals surface area contributed by atoms with Gasteiger partial charge < -0.3 is 16.2 Å². The normalized spacial score (nSPS) is 12.2. The van der Waals surface area contributed by atoms with Crippen molar-refractivity contribution in [2.45, 2.75) is 32.2 Å². The summed E-state index contributed by atoms with van der Waals surface area (Å²) in [6.45, 7) is 2.36. The number of carbonyl (C=O) groups excluding carboxylic acids is 1. The van der Waals surface area contributed by atoms with E-state index in [1.165, 1.54) is 0 Å². The molecule has 0 aliphatic rings. The van der Waals surface area contributed by atoms with Crippen molar-refractivity contribution < 1.29 is 9.53 Å². The van der Waals surface area contributed by atoms with E-state index in [1.54, 1.807) is 0 Å². The van der Waals surface area contributed by atoms with E-state index in [0.717, 1.165) is 28.6 Å². The minimum absolute atomic E-state index is 0.141. The molecule has 100 valence electrons. The number of hydrogen-bond donors (Lipinski definition) is 2. The molecule has 0 aliphatic carbocycles. The average Bonchev–Trinajstić information content (AvgIpc) is 2.32. The van der Waals surface area contributed by atoms with Gasteiger partial charge in [0.05, 0.1) is 13.0 Å². The predicted molar refractivity (Wildman–Crippen MR) is 75.4 cm³/mol. The van der Waals surface area contributed by atoms with Crippen molar-refractivity contribution in [3.8, 4) is 5.75 Å². The maximum absolute atomic E-state index is 10.6. The van der Waals surface area contributed by atoms with E-state index in [9.17, 15) is 4.79 Å². The topological polar surface area (TPSA) is 78.3 Å². The molecule has 1 atom stereocenters. The van der Waals surface area contributed by atoms with Crippen LogP contribution < -0.4 is 16.2 Å². The van der Waals surface area contributed by atoms with Crippen LogP contribution in [0.25, 0.3) is 0 Å². The van der Waals surface area contributed by atoms with Crippen molar-refractivity contribution in [3.05, 3.63) is 28.2 Å². The van der Waals surface area contributed by atoms with Gasteiger partial charge in [0.1, 0.15) is 5.75 Å². The van der Waals surface area contributed by atoms with Crippen molar-refractivity contribution in [1.29, 1.82) is 0 Å².